The largest absolute Gasteiger partial charge is 0.371 e. The van der Waals surface area contributed by atoms with Gasteiger partial charge in [-0.25, -0.2) is 0 Å². The summed E-state index contributed by atoms with van der Waals surface area (Å²) in [6.45, 7) is 6.27. The van der Waals surface area contributed by atoms with Gasteiger partial charge in [0, 0.05) is 50.9 Å². The fourth-order valence-electron chi connectivity index (χ4n) is 4.25. The lowest BCUT2D eigenvalue weighted by Gasteiger charge is -2.33. The molecule has 31 heavy (non-hydrogen) atoms. The predicted octanol–water partition coefficient (Wildman–Crippen LogP) is 2.31. The first-order valence-corrected chi connectivity index (χ1v) is 11.3. The molecule has 0 aliphatic carbocycles. The average Bonchev–Trinajstić information content (AvgIpc) is 2.79. The quantitative estimate of drug-likeness (QED) is 0.483. The zero-order valence-electron chi connectivity index (χ0n) is 18.3. The molecule has 1 aromatic carbocycles. The van der Waals surface area contributed by atoms with Gasteiger partial charge in [-0.05, 0) is 44.6 Å². The maximum absolute atomic E-state index is 13.1. The molecule has 0 spiro atoms. The molecule has 9 heteroatoms. The molecule has 3 rings (SSSR count). The van der Waals surface area contributed by atoms with E-state index in [9.17, 15) is 19.7 Å². The lowest BCUT2D eigenvalue weighted by atomic mass is 10.0. The molecular formula is C22H33N5O4. The van der Waals surface area contributed by atoms with E-state index in [4.69, 9.17) is 0 Å². The number of non-ortho nitro benzene ring substituents is 1. The highest BCUT2D eigenvalue weighted by Gasteiger charge is 2.26. The van der Waals surface area contributed by atoms with Crippen LogP contribution in [0.2, 0.25) is 0 Å². The minimum Gasteiger partial charge on any atom is -0.371 e. The highest BCUT2D eigenvalue weighted by molar-refractivity contribution is 6.00. The number of hydrogen-bond donors (Lipinski definition) is 2. The van der Waals surface area contributed by atoms with Crippen LogP contribution in [-0.2, 0) is 4.79 Å². The monoisotopic (exact) mass is 431 g/mol. The summed E-state index contributed by atoms with van der Waals surface area (Å²) in [5.41, 5.74) is 1.07. The second kappa shape index (κ2) is 11.1. The van der Waals surface area contributed by atoms with E-state index in [1.807, 2.05) is 6.92 Å². The van der Waals surface area contributed by atoms with Gasteiger partial charge in [0.15, 0.2) is 0 Å². The van der Waals surface area contributed by atoms with E-state index in [0.29, 0.717) is 18.7 Å². The van der Waals surface area contributed by atoms with Crippen LogP contribution in [0.1, 0.15) is 55.8 Å². The third-order valence-corrected chi connectivity index (χ3v) is 5.99. The van der Waals surface area contributed by atoms with E-state index in [0.717, 1.165) is 64.0 Å². The maximum atomic E-state index is 13.1. The zero-order valence-corrected chi connectivity index (χ0v) is 18.3. The van der Waals surface area contributed by atoms with Crippen molar-refractivity contribution in [3.05, 3.63) is 33.9 Å². The van der Waals surface area contributed by atoms with Crippen molar-refractivity contribution in [3.8, 4) is 0 Å². The van der Waals surface area contributed by atoms with E-state index in [-0.39, 0.29) is 23.5 Å². The van der Waals surface area contributed by atoms with Crippen molar-refractivity contribution < 1.29 is 14.5 Å². The second-order valence-corrected chi connectivity index (χ2v) is 8.38. The van der Waals surface area contributed by atoms with E-state index >= 15 is 0 Å². The highest BCUT2D eigenvalue weighted by Crippen LogP contribution is 2.28. The normalized spacial score (nSPS) is 17.9. The van der Waals surface area contributed by atoms with Crippen LogP contribution in [0.15, 0.2) is 18.2 Å². The van der Waals surface area contributed by atoms with Crippen LogP contribution >= 0.6 is 0 Å². The van der Waals surface area contributed by atoms with Gasteiger partial charge in [0.05, 0.1) is 22.7 Å². The molecule has 2 fully saturated rings. The Morgan fingerprint density at radius 2 is 1.84 bits per heavy atom. The molecule has 2 heterocycles. The SMILES string of the molecule is CCCNC(=O)CN1CCC(NC(=O)c2cc([N+](=O)[O-])ccc2N2CCCCC2)CC1. The Hall–Kier alpha value is -2.68. The summed E-state index contributed by atoms with van der Waals surface area (Å²) in [6.07, 6.45) is 5.70. The standard InChI is InChI=1S/C22H33N5O4/c1-2-10-23-21(28)16-25-13-8-17(9-14-25)24-22(29)19-15-18(27(30)31)6-7-20(19)26-11-4-3-5-12-26/h6-7,15,17H,2-5,8-14,16H2,1H3,(H,23,28)(H,24,29). The van der Waals surface area contributed by atoms with E-state index in [1.54, 1.807) is 6.07 Å². The number of amides is 2. The molecule has 0 bridgehead atoms. The summed E-state index contributed by atoms with van der Waals surface area (Å²) in [7, 11) is 0. The Labute approximate surface area is 183 Å². The minimum atomic E-state index is -0.459. The van der Waals surface area contributed by atoms with Crippen molar-refractivity contribution in [3.63, 3.8) is 0 Å². The summed E-state index contributed by atoms with van der Waals surface area (Å²) in [6, 6.07) is 4.57. The topological polar surface area (TPSA) is 108 Å². The van der Waals surface area contributed by atoms with Gasteiger partial charge in [0.25, 0.3) is 11.6 Å². The summed E-state index contributed by atoms with van der Waals surface area (Å²) >= 11 is 0. The zero-order chi connectivity index (χ0) is 22.2. The van der Waals surface area contributed by atoms with E-state index in [1.165, 1.54) is 18.6 Å². The molecule has 0 aromatic heterocycles. The maximum Gasteiger partial charge on any atom is 0.270 e. The van der Waals surface area contributed by atoms with Crippen LogP contribution in [0.25, 0.3) is 0 Å². The Morgan fingerprint density at radius 1 is 1.13 bits per heavy atom. The number of nitrogens with one attached hydrogen (secondary N) is 2. The Bertz CT molecular complexity index is 786. The van der Waals surface area contributed by atoms with Crippen molar-refractivity contribution in [2.75, 3.05) is 44.2 Å². The van der Waals surface area contributed by atoms with Crippen LogP contribution in [-0.4, -0.2) is 66.9 Å². The molecule has 0 atom stereocenters. The van der Waals surface area contributed by atoms with Gasteiger partial charge < -0.3 is 15.5 Å². The molecule has 0 unspecified atom stereocenters. The molecule has 0 saturated carbocycles. The van der Waals surface area contributed by atoms with Crippen LogP contribution in [0.3, 0.4) is 0 Å². The van der Waals surface area contributed by atoms with E-state index in [2.05, 4.69) is 20.4 Å². The van der Waals surface area contributed by atoms with Crippen LogP contribution in [0.5, 0.6) is 0 Å². The number of nitro benzene ring substituents is 1. The Balaban J connectivity index is 1.61. The van der Waals surface area contributed by atoms with Gasteiger partial charge >= 0.3 is 0 Å². The number of piperidine rings is 2. The molecule has 0 radical (unpaired) electrons. The van der Waals surface area contributed by atoms with Gasteiger partial charge in [0.1, 0.15) is 0 Å². The lowest BCUT2D eigenvalue weighted by Crippen LogP contribution is -2.47. The van der Waals surface area contributed by atoms with Gasteiger partial charge in [-0.15, -0.1) is 0 Å². The highest BCUT2D eigenvalue weighted by atomic mass is 16.6. The van der Waals surface area contributed by atoms with Crippen LogP contribution in [0, 0.1) is 10.1 Å². The van der Waals surface area contributed by atoms with Crippen molar-refractivity contribution in [1.29, 1.82) is 0 Å². The van der Waals surface area contributed by atoms with Crippen LogP contribution in [0.4, 0.5) is 11.4 Å². The molecule has 2 saturated heterocycles. The number of anilines is 1. The molecule has 9 nitrogen and oxygen atoms in total. The van der Waals surface area contributed by atoms with Gasteiger partial charge in [0.2, 0.25) is 5.91 Å². The number of nitrogens with zero attached hydrogens (tertiary/aromatic N) is 3. The first-order chi connectivity index (χ1) is 15.0. The number of carbonyl (C=O) groups is 2. The molecule has 2 aliphatic heterocycles. The summed E-state index contributed by atoms with van der Waals surface area (Å²) in [5.74, 6) is -0.226. The number of likely N-dealkylation sites (tertiary alicyclic amines) is 1. The molecular weight excluding hydrogens is 398 g/mol. The van der Waals surface area contributed by atoms with Crippen molar-refractivity contribution in [2.45, 2.75) is 51.5 Å². The van der Waals surface area contributed by atoms with Crippen molar-refractivity contribution >= 4 is 23.2 Å². The Morgan fingerprint density at radius 3 is 2.48 bits per heavy atom. The molecule has 2 aliphatic rings. The van der Waals surface area contributed by atoms with Crippen LogP contribution < -0.4 is 15.5 Å². The lowest BCUT2D eigenvalue weighted by molar-refractivity contribution is -0.384. The minimum absolute atomic E-state index is 0.00378. The smallest absolute Gasteiger partial charge is 0.270 e. The Kier molecular flexibility index (Phi) is 8.22. The molecule has 2 amide bonds. The molecule has 170 valence electrons. The molecule has 1 aromatic rings. The third kappa shape index (κ3) is 6.40. The molecule has 2 N–H and O–H groups in total. The first-order valence-electron chi connectivity index (χ1n) is 11.3. The first kappa shape index (κ1) is 23.0. The third-order valence-electron chi connectivity index (χ3n) is 5.99. The fourth-order valence-corrected chi connectivity index (χ4v) is 4.25. The number of benzene rings is 1. The van der Waals surface area contributed by atoms with E-state index < -0.39 is 4.92 Å². The van der Waals surface area contributed by atoms with Gasteiger partial charge in [-0.2, -0.15) is 0 Å². The number of hydrogen-bond acceptors (Lipinski definition) is 6. The average molecular weight is 432 g/mol. The number of rotatable bonds is 8. The van der Waals surface area contributed by atoms with Gasteiger partial charge in [-0.3, -0.25) is 24.6 Å². The number of nitro groups is 1. The summed E-state index contributed by atoms with van der Waals surface area (Å²) in [4.78, 5) is 40.1. The van der Waals surface area contributed by atoms with Gasteiger partial charge in [-0.1, -0.05) is 6.92 Å². The summed E-state index contributed by atoms with van der Waals surface area (Å²) < 4.78 is 0. The number of carbonyl (C=O) groups excluding carboxylic acids is 2. The second-order valence-electron chi connectivity index (χ2n) is 8.38. The summed E-state index contributed by atoms with van der Waals surface area (Å²) in [5, 5.41) is 17.2. The predicted molar refractivity (Wildman–Crippen MR) is 119 cm³/mol. The van der Waals surface area contributed by atoms with Crippen molar-refractivity contribution in [2.24, 2.45) is 0 Å². The van der Waals surface area contributed by atoms with Crippen molar-refractivity contribution in [1.82, 2.24) is 15.5 Å². The fraction of sp³-hybridized carbons (Fsp3) is 0.636.